The fourth-order valence-corrected chi connectivity index (χ4v) is 5.57. The number of hydrogen-bond donors (Lipinski definition) is 0. The average molecular weight is 409 g/mol. The first kappa shape index (κ1) is 19.4. The van der Waals surface area contributed by atoms with Crippen LogP contribution in [0.25, 0.3) is 11.0 Å². The lowest BCUT2D eigenvalue weighted by molar-refractivity contribution is -0.00120. The third kappa shape index (κ3) is 3.54. The van der Waals surface area contributed by atoms with Crippen molar-refractivity contribution in [2.45, 2.75) is 63.2 Å². The van der Waals surface area contributed by atoms with Gasteiger partial charge in [0, 0.05) is 13.2 Å². The van der Waals surface area contributed by atoms with Gasteiger partial charge in [-0.25, -0.2) is 9.78 Å². The number of nitriles is 1. The number of rotatable bonds is 4. The van der Waals surface area contributed by atoms with Gasteiger partial charge in [-0.2, -0.15) is 5.26 Å². The maximum absolute atomic E-state index is 12.6. The van der Waals surface area contributed by atoms with Crippen LogP contribution in [0.4, 0.5) is 4.79 Å². The lowest BCUT2D eigenvalue weighted by atomic mass is 9.78. The number of fused-ring (bicyclic) bond motifs is 1. The highest BCUT2D eigenvalue weighted by Crippen LogP contribution is 2.41. The van der Waals surface area contributed by atoms with Crippen molar-refractivity contribution < 1.29 is 14.3 Å². The summed E-state index contributed by atoms with van der Waals surface area (Å²) in [6.07, 6.45) is 7.66. The fourth-order valence-electron chi connectivity index (χ4n) is 5.57. The summed E-state index contributed by atoms with van der Waals surface area (Å²) in [5.74, 6) is 0.410. The van der Waals surface area contributed by atoms with E-state index in [4.69, 9.17) is 9.47 Å². The summed E-state index contributed by atoms with van der Waals surface area (Å²) < 4.78 is 14.0. The van der Waals surface area contributed by atoms with Gasteiger partial charge in [0.05, 0.1) is 47.7 Å². The molecule has 2 aromatic rings. The quantitative estimate of drug-likeness (QED) is 0.767. The van der Waals surface area contributed by atoms with E-state index < -0.39 is 0 Å². The normalized spacial score (nSPS) is 31.4. The molecule has 3 unspecified atom stereocenters. The Morgan fingerprint density at radius 2 is 2.23 bits per heavy atom. The summed E-state index contributed by atoms with van der Waals surface area (Å²) in [7, 11) is 0. The van der Waals surface area contributed by atoms with Crippen LogP contribution < -0.4 is 0 Å². The molecule has 7 nitrogen and oxygen atoms in total. The van der Waals surface area contributed by atoms with Crippen molar-refractivity contribution in [3.63, 3.8) is 0 Å². The Labute approximate surface area is 176 Å². The number of carbonyl (C=O) groups excluding carboxylic acids is 1. The Kier molecular flexibility index (Phi) is 4.70. The van der Waals surface area contributed by atoms with Crippen LogP contribution in [-0.4, -0.2) is 51.4 Å². The molecule has 1 aromatic heterocycles. The van der Waals surface area contributed by atoms with E-state index in [2.05, 4.69) is 22.5 Å². The zero-order chi connectivity index (χ0) is 20.8. The summed E-state index contributed by atoms with van der Waals surface area (Å²) in [5.41, 5.74) is 1.91. The highest BCUT2D eigenvalue weighted by atomic mass is 16.6. The lowest BCUT2D eigenvalue weighted by Crippen LogP contribution is -2.44. The number of carbonyl (C=O) groups is 1. The van der Waals surface area contributed by atoms with E-state index in [1.807, 2.05) is 23.4 Å². The van der Waals surface area contributed by atoms with E-state index in [0.29, 0.717) is 24.6 Å². The Balaban J connectivity index is 1.29. The smallest absolute Gasteiger partial charge is 0.410 e. The Hall–Kier alpha value is -2.59. The van der Waals surface area contributed by atoms with Crippen molar-refractivity contribution in [1.82, 2.24) is 14.5 Å². The molecule has 158 valence electrons. The molecule has 7 heteroatoms. The van der Waals surface area contributed by atoms with Gasteiger partial charge in [-0.1, -0.05) is 0 Å². The first-order valence-electron chi connectivity index (χ1n) is 10.9. The molecule has 1 aliphatic carbocycles. The number of benzene rings is 1. The molecular weight excluding hydrogens is 380 g/mol. The Morgan fingerprint density at radius 3 is 3.03 bits per heavy atom. The van der Waals surface area contributed by atoms with Gasteiger partial charge in [0.1, 0.15) is 5.60 Å². The van der Waals surface area contributed by atoms with Gasteiger partial charge >= 0.3 is 6.09 Å². The number of amides is 1. The standard InChI is InChI=1S/C23H28N4O3/c1-22(7-3-9-29-22)14-27-15-23(30-21(27)28)8-2-4-18(11-23)13-26-16-25-19-6-5-17(12-24)10-20(19)26/h5-6,10,16,18H,2-4,7-9,11,13-15H2,1H3. The van der Waals surface area contributed by atoms with Crippen LogP contribution in [0, 0.1) is 17.2 Å². The molecule has 30 heavy (non-hydrogen) atoms. The summed E-state index contributed by atoms with van der Waals surface area (Å²) in [6, 6.07) is 7.81. The molecule has 3 atom stereocenters. The van der Waals surface area contributed by atoms with Crippen molar-refractivity contribution in [3.05, 3.63) is 30.1 Å². The Morgan fingerprint density at radius 1 is 1.33 bits per heavy atom. The fraction of sp³-hybridized carbons (Fsp3) is 0.609. The van der Waals surface area contributed by atoms with Crippen molar-refractivity contribution in [2.24, 2.45) is 5.92 Å². The third-order valence-electron chi connectivity index (χ3n) is 6.98. The van der Waals surface area contributed by atoms with Crippen LogP contribution in [0.2, 0.25) is 0 Å². The molecular formula is C23H28N4O3. The predicted molar refractivity (Wildman–Crippen MR) is 111 cm³/mol. The topological polar surface area (TPSA) is 80.4 Å². The van der Waals surface area contributed by atoms with Crippen LogP contribution in [0.15, 0.2) is 24.5 Å². The molecule has 3 fully saturated rings. The number of aromatic nitrogens is 2. The minimum absolute atomic E-state index is 0.195. The third-order valence-corrected chi connectivity index (χ3v) is 6.98. The molecule has 0 bridgehead atoms. The molecule has 1 amide bonds. The van der Waals surface area contributed by atoms with Gasteiger partial charge in [0.25, 0.3) is 0 Å². The van der Waals surface area contributed by atoms with Gasteiger partial charge in [0.2, 0.25) is 0 Å². The molecule has 1 aromatic carbocycles. The van der Waals surface area contributed by atoms with Crippen LogP contribution in [0.1, 0.15) is 51.0 Å². The number of nitrogens with zero attached hydrogens (tertiary/aromatic N) is 4. The van der Waals surface area contributed by atoms with Crippen LogP contribution in [-0.2, 0) is 16.0 Å². The number of hydrogen-bond acceptors (Lipinski definition) is 5. The molecule has 2 saturated heterocycles. The van der Waals surface area contributed by atoms with Gasteiger partial charge in [-0.05, 0) is 69.6 Å². The van der Waals surface area contributed by atoms with E-state index in [-0.39, 0.29) is 17.3 Å². The molecule has 1 saturated carbocycles. The molecule has 0 radical (unpaired) electrons. The van der Waals surface area contributed by atoms with E-state index in [1.165, 1.54) is 0 Å². The van der Waals surface area contributed by atoms with Crippen molar-refractivity contribution in [1.29, 1.82) is 5.26 Å². The van der Waals surface area contributed by atoms with Gasteiger partial charge in [0.15, 0.2) is 0 Å². The van der Waals surface area contributed by atoms with Crippen molar-refractivity contribution in [2.75, 3.05) is 19.7 Å². The summed E-state index contributed by atoms with van der Waals surface area (Å²) in [4.78, 5) is 19.0. The SMILES string of the molecule is CC1(CN2CC3(CCCC(Cn4cnc5ccc(C#N)cc54)C3)OC2=O)CCCO1. The van der Waals surface area contributed by atoms with Gasteiger partial charge < -0.3 is 18.9 Å². The van der Waals surface area contributed by atoms with Gasteiger partial charge in [-0.15, -0.1) is 0 Å². The number of ether oxygens (including phenoxy) is 2. The molecule has 3 aliphatic rings. The second-order valence-corrected chi connectivity index (χ2v) is 9.48. The largest absolute Gasteiger partial charge is 0.441 e. The van der Waals surface area contributed by atoms with E-state index >= 15 is 0 Å². The number of imidazole rings is 1. The second kappa shape index (κ2) is 7.28. The second-order valence-electron chi connectivity index (χ2n) is 9.48. The highest BCUT2D eigenvalue weighted by Gasteiger charge is 2.49. The first-order valence-corrected chi connectivity index (χ1v) is 10.9. The Bertz CT molecular complexity index is 1000. The molecule has 5 rings (SSSR count). The van der Waals surface area contributed by atoms with Crippen LogP contribution in [0.3, 0.4) is 0 Å². The summed E-state index contributed by atoms with van der Waals surface area (Å²) >= 11 is 0. The maximum atomic E-state index is 12.6. The van der Waals surface area contributed by atoms with Crippen molar-refractivity contribution in [3.8, 4) is 6.07 Å². The summed E-state index contributed by atoms with van der Waals surface area (Å²) in [6.45, 7) is 4.97. The van der Waals surface area contributed by atoms with Crippen LogP contribution in [0.5, 0.6) is 0 Å². The molecule has 0 N–H and O–H groups in total. The zero-order valence-corrected chi connectivity index (χ0v) is 17.5. The molecule has 1 spiro atoms. The predicted octanol–water partition coefficient (Wildman–Crippen LogP) is 3.86. The van der Waals surface area contributed by atoms with Gasteiger partial charge in [-0.3, -0.25) is 0 Å². The van der Waals surface area contributed by atoms with E-state index in [9.17, 15) is 10.1 Å². The van der Waals surface area contributed by atoms with Crippen LogP contribution >= 0.6 is 0 Å². The van der Waals surface area contributed by atoms with E-state index in [1.54, 1.807) is 6.07 Å². The maximum Gasteiger partial charge on any atom is 0.410 e. The lowest BCUT2D eigenvalue weighted by Gasteiger charge is -2.36. The minimum Gasteiger partial charge on any atom is -0.441 e. The summed E-state index contributed by atoms with van der Waals surface area (Å²) in [5, 5.41) is 9.21. The van der Waals surface area contributed by atoms with Crippen molar-refractivity contribution >= 4 is 17.1 Å². The van der Waals surface area contributed by atoms with E-state index in [0.717, 1.165) is 62.7 Å². The monoisotopic (exact) mass is 408 g/mol. The molecule has 2 aliphatic heterocycles. The zero-order valence-electron chi connectivity index (χ0n) is 17.5. The average Bonchev–Trinajstić information content (AvgIpc) is 3.40. The minimum atomic E-state index is -0.386. The highest BCUT2D eigenvalue weighted by molar-refractivity contribution is 5.77. The molecule has 3 heterocycles. The first-order chi connectivity index (χ1) is 14.5.